The number of hydrogen-bond donors (Lipinski definition) is 0. The summed E-state index contributed by atoms with van der Waals surface area (Å²) in [4.78, 5) is 34.6. The summed E-state index contributed by atoms with van der Waals surface area (Å²) in [5.41, 5.74) is -1.01. The van der Waals surface area contributed by atoms with Crippen molar-refractivity contribution in [2.75, 3.05) is 26.2 Å². The smallest absolute Gasteiger partial charge is 0.285 e. The second kappa shape index (κ2) is 8.47. The van der Waals surface area contributed by atoms with Crippen LogP contribution in [0.5, 0.6) is 0 Å². The minimum Gasteiger partial charge on any atom is -0.339 e. The molecule has 0 unspecified atom stereocenters. The van der Waals surface area contributed by atoms with Crippen molar-refractivity contribution in [2.45, 2.75) is 11.4 Å². The van der Waals surface area contributed by atoms with Gasteiger partial charge in [0.15, 0.2) is 17.5 Å². The average molecular weight is 460 g/mol. The molecule has 2 heterocycles. The fraction of sp³-hybridized carbons (Fsp3) is 0.294. The number of hydrogen-bond acceptors (Lipinski definition) is 6. The molecule has 0 N–H and O–H groups in total. The molecule has 1 aromatic carbocycles. The predicted octanol–water partition coefficient (Wildman–Crippen LogP) is 0.707. The van der Waals surface area contributed by atoms with E-state index < -0.39 is 55.3 Å². The normalized spacial score (nSPS) is 15.1. The van der Waals surface area contributed by atoms with Gasteiger partial charge in [0.05, 0.1) is 11.1 Å². The molecule has 14 heteroatoms. The Kier molecular flexibility index (Phi) is 6.13. The number of sulfonamides is 1. The highest BCUT2D eigenvalue weighted by Crippen LogP contribution is 2.24. The van der Waals surface area contributed by atoms with Crippen molar-refractivity contribution < 1.29 is 31.3 Å². The number of nitro groups is 1. The molecule has 1 saturated heterocycles. The van der Waals surface area contributed by atoms with Crippen LogP contribution in [-0.2, 0) is 21.4 Å². The van der Waals surface area contributed by atoms with Gasteiger partial charge in [0.2, 0.25) is 15.9 Å². The molecule has 1 aromatic heterocycles. The molecular formula is C17H15F3N4O6S. The van der Waals surface area contributed by atoms with Gasteiger partial charge in [-0.2, -0.15) is 4.31 Å². The molecule has 31 heavy (non-hydrogen) atoms. The topological polar surface area (TPSA) is 123 Å². The van der Waals surface area contributed by atoms with Gasteiger partial charge in [-0.05, 0) is 12.1 Å². The van der Waals surface area contributed by atoms with Gasteiger partial charge in [0.1, 0.15) is 11.4 Å². The first-order chi connectivity index (χ1) is 14.5. The summed E-state index contributed by atoms with van der Waals surface area (Å²) in [5.74, 6) is -5.84. The van der Waals surface area contributed by atoms with E-state index in [9.17, 15) is 41.3 Å². The molecule has 0 radical (unpaired) electrons. The highest BCUT2D eigenvalue weighted by molar-refractivity contribution is 7.89. The quantitative estimate of drug-likeness (QED) is 0.368. The molecule has 1 aliphatic heterocycles. The monoisotopic (exact) mass is 460 g/mol. The van der Waals surface area contributed by atoms with Crippen LogP contribution in [0.1, 0.15) is 0 Å². The molecule has 0 atom stereocenters. The van der Waals surface area contributed by atoms with Crippen molar-refractivity contribution in [1.82, 2.24) is 13.8 Å². The third kappa shape index (κ3) is 4.44. The lowest BCUT2D eigenvalue weighted by molar-refractivity contribution is -0.385. The molecule has 2 aromatic rings. The van der Waals surface area contributed by atoms with Crippen LogP contribution in [0.15, 0.2) is 40.2 Å². The lowest BCUT2D eigenvalue weighted by Gasteiger charge is -2.34. The van der Waals surface area contributed by atoms with Gasteiger partial charge in [-0.1, -0.05) is 0 Å². The molecule has 1 fully saturated rings. The maximum absolute atomic E-state index is 13.9. The third-order valence-electron chi connectivity index (χ3n) is 4.69. The number of amides is 1. The standard InChI is InChI=1S/C17H15F3N4O6S/c18-12-2-3-13(17(20)16(12)19)31(29,30)23-7-5-21(6-8-23)15(26)10-22-9-11(24(27)28)1-4-14(22)25/h1-4,9H,5-8,10H2. The van der Waals surface area contributed by atoms with E-state index in [1.54, 1.807) is 0 Å². The first-order valence-electron chi connectivity index (χ1n) is 8.78. The Morgan fingerprint density at radius 1 is 1.03 bits per heavy atom. The molecule has 10 nitrogen and oxygen atoms in total. The number of rotatable bonds is 5. The molecule has 0 aliphatic carbocycles. The summed E-state index contributed by atoms with van der Waals surface area (Å²) in [5, 5.41) is 10.8. The van der Waals surface area contributed by atoms with Gasteiger partial charge in [-0.3, -0.25) is 24.3 Å². The maximum Gasteiger partial charge on any atom is 0.285 e. The number of piperazine rings is 1. The fourth-order valence-corrected chi connectivity index (χ4v) is 4.50. The zero-order valence-electron chi connectivity index (χ0n) is 15.7. The highest BCUT2D eigenvalue weighted by Gasteiger charge is 2.33. The van der Waals surface area contributed by atoms with E-state index in [4.69, 9.17) is 0 Å². The Balaban J connectivity index is 1.70. The van der Waals surface area contributed by atoms with E-state index in [-0.39, 0.29) is 31.9 Å². The lowest BCUT2D eigenvalue weighted by atomic mass is 10.3. The summed E-state index contributed by atoms with van der Waals surface area (Å²) in [6.07, 6.45) is 0.923. The second-order valence-corrected chi connectivity index (χ2v) is 8.48. The van der Waals surface area contributed by atoms with E-state index >= 15 is 0 Å². The predicted molar refractivity (Wildman–Crippen MR) is 99.0 cm³/mol. The number of aromatic nitrogens is 1. The Morgan fingerprint density at radius 2 is 1.68 bits per heavy atom. The van der Waals surface area contributed by atoms with Crippen LogP contribution < -0.4 is 5.56 Å². The largest absolute Gasteiger partial charge is 0.339 e. The molecule has 166 valence electrons. The van der Waals surface area contributed by atoms with Crippen LogP contribution in [0.25, 0.3) is 0 Å². The van der Waals surface area contributed by atoms with Crippen molar-refractivity contribution in [3.63, 3.8) is 0 Å². The Morgan fingerprint density at radius 3 is 2.29 bits per heavy atom. The van der Waals surface area contributed by atoms with E-state index in [1.807, 2.05) is 0 Å². The van der Waals surface area contributed by atoms with Crippen LogP contribution in [0.2, 0.25) is 0 Å². The molecule has 1 aliphatic rings. The van der Waals surface area contributed by atoms with E-state index in [2.05, 4.69) is 0 Å². The van der Waals surface area contributed by atoms with Crippen LogP contribution in [-0.4, -0.2) is 59.2 Å². The molecular weight excluding hydrogens is 445 g/mol. The number of pyridine rings is 1. The molecule has 0 spiro atoms. The van der Waals surface area contributed by atoms with Crippen LogP contribution >= 0.6 is 0 Å². The Hall–Kier alpha value is -3.26. The van der Waals surface area contributed by atoms with Crippen molar-refractivity contribution in [3.05, 3.63) is 68.4 Å². The molecule has 0 bridgehead atoms. The SMILES string of the molecule is O=C(Cn1cc([N+](=O)[O-])ccc1=O)N1CCN(S(=O)(=O)c2ccc(F)c(F)c2F)CC1. The second-order valence-electron chi connectivity index (χ2n) is 6.57. The van der Waals surface area contributed by atoms with Gasteiger partial charge >= 0.3 is 0 Å². The fourth-order valence-electron chi connectivity index (χ4n) is 3.02. The van der Waals surface area contributed by atoms with Crippen LogP contribution in [0.3, 0.4) is 0 Å². The Labute approximate surface area is 173 Å². The zero-order valence-corrected chi connectivity index (χ0v) is 16.5. The summed E-state index contributed by atoms with van der Waals surface area (Å²) in [7, 11) is -4.48. The number of carbonyl (C=O) groups is 1. The summed E-state index contributed by atoms with van der Waals surface area (Å²) in [6.45, 7) is -1.24. The summed E-state index contributed by atoms with van der Waals surface area (Å²) < 4.78 is 67.2. The van der Waals surface area contributed by atoms with E-state index in [0.717, 1.165) is 27.2 Å². The van der Waals surface area contributed by atoms with Gasteiger partial charge in [0.25, 0.3) is 11.2 Å². The van der Waals surface area contributed by atoms with Gasteiger partial charge in [-0.25, -0.2) is 21.6 Å². The van der Waals surface area contributed by atoms with Crippen LogP contribution in [0.4, 0.5) is 18.9 Å². The number of benzene rings is 1. The zero-order chi connectivity index (χ0) is 22.9. The average Bonchev–Trinajstić information content (AvgIpc) is 2.73. The van der Waals surface area contributed by atoms with Crippen molar-refractivity contribution in [1.29, 1.82) is 0 Å². The molecule has 3 rings (SSSR count). The first kappa shape index (κ1) is 22.4. The van der Waals surface area contributed by atoms with E-state index in [0.29, 0.717) is 12.1 Å². The lowest BCUT2D eigenvalue weighted by Crippen LogP contribution is -2.51. The summed E-state index contributed by atoms with van der Waals surface area (Å²) >= 11 is 0. The third-order valence-corrected chi connectivity index (χ3v) is 6.61. The maximum atomic E-state index is 13.9. The van der Waals surface area contributed by atoms with Crippen LogP contribution in [0, 0.1) is 27.6 Å². The summed E-state index contributed by atoms with van der Waals surface area (Å²) in [6, 6.07) is 3.08. The molecule has 1 amide bonds. The van der Waals surface area contributed by atoms with E-state index in [1.165, 1.54) is 4.90 Å². The number of halogens is 3. The minimum atomic E-state index is -4.48. The van der Waals surface area contributed by atoms with Gasteiger partial charge in [0, 0.05) is 38.3 Å². The first-order valence-corrected chi connectivity index (χ1v) is 10.2. The van der Waals surface area contributed by atoms with Gasteiger partial charge in [-0.15, -0.1) is 0 Å². The number of nitrogens with zero attached hydrogens (tertiary/aromatic N) is 4. The number of carbonyl (C=O) groups excluding carboxylic acids is 1. The van der Waals surface area contributed by atoms with Crippen molar-refractivity contribution >= 4 is 21.6 Å². The van der Waals surface area contributed by atoms with Crippen molar-refractivity contribution in [3.8, 4) is 0 Å². The van der Waals surface area contributed by atoms with Gasteiger partial charge < -0.3 is 4.90 Å². The highest BCUT2D eigenvalue weighted by atomic mass is 32.2. The minimum absolute atomic E-state index is 0.118. The Bertz CT molecular complexity index is 1210. The molecule has 0 saturated carbocycles. The van der Waals surface area contributed by atoms with Crippen molar-refractivity contribution in [2.24, 2.45) is 0 Å².